The predicted octanol–water partition coefficient (Wildman–Crippen LogP) is 0.805. The van der Waals surface area contributed by atoms with Gasteiger partial charge in [0.05, 0.1) is 6.61 Å². The van der Waals surface area contributed by atoms with Crippen LogP contribution in [0.3, 0.4) is 0 Å². The number of rotatable bonds is 3. The van der Waals surface area contributed by atoms with Gasteiger partial charge >= 0.3 is 11.8 Å². The maximum atomic E-state index is 11.5. The molecule has 0 bridgehead atoms. The topological polar surface area (TPSA) is 78.4 Å². The van der Waals surface area contributed by atoms with Crippen LogP contribution in [0.1, 0.15) is 5.56 Å². The largest absolute Gasteiger partial charge is 0.395 e. The average Bonchev–Trinajstić information content (AvgIpc) is 2.30. The first kappa shape index (κ1) is 13.7. The zero-order valence-corrected chi connectivity index (χ0v) is 10.9. The van der Waals surface area contributed by atoms with E-state index in [1.54, 1.807) is 6.07 Å². The van der Waals surface area contributed by atoms with E-state index in [4.69, 9.17) is 5.11 Å². The Morgan fingerprint density at radius 1 is 1.35 bits per heavy atom. The van der Waals surface area contributed by atoms with Gasteiger partial charge in [0.2, 0.25) is 0 Å². The molecule has 0 fully saturated rings. The minimum Gasteiger partial charge on any atom is -0.395 e. The molecule has 1 aromatic carbocycles. The van der Waals surface area contributed by atoms with Gasteiger partial charge in [-0.3, -0.25) is 9.59 Å². The summed E-state index contributed by atoms with van der Waals surface area (Å²) < 4.78 is 0.814. The summed E-state index contributed by atoms with van der Waals surface area (Å²) in [4.78, 5) is 22.7. The second-order valence-corrected chi connectivity index (χ2v) is 4.31. The molecular weight excluding hydrogens is 288 g/mol. The summed E-state index contributed by atoms with van der Waals surface area (Å²) in [5, 5.41) is 13.3. The molecule has 6 heteroatoms. The Morgan fingerprint density at radius 2 is 2.06 bits per heavy atom. The van der Waals surface area contributed by atoms with E-state index in [0.717, 1.165) is 10.0 Å². The zero-order valence-electron chi connectivity index (χ0n) is 9.29. The third-order valence-electron chi connectivity index (χ3n) is 2.05. The molecular formula is C11H13BrN2O3. The van der Waals surface area contributed by atoms with Gasteiger partial charge in [-0.15, -0.1) is 0 Å². The monoisotopic (exact) mass is 300 g/mol. The molecule has 0 saturated heterocycles. The van der Waals surface area contributed by atoms with E-state index >= 15 is 0 Å². The fraction of sp³-hybridized carbons (Fsp3) is 0.273. The van der Waals surface area contributed by atoms with Gasteiger partial charge in [-0.1, -0.05) is 22.0 Å². The first-order chi connectivity index (χ1) is 8.04. The fourth-order valence-electron chi connectivity index (χ4n) is 1.16. The lowest BCUT2D eigenvalue weighted by atomic mass is 10.2. The van der Waals surface area contributed by atoms with E-state index < -0.39 is 11.8 Å². The molecule has 0 saturated carbocycles. The molecule has 5 nitrogen and oxygen atoms in total. The van der Waals surface area contributed by atoms with Crippen molar-refractivity contribution in [3.63, 3.8) is 0 Å². The highest BCUT2D eigenvalue weighted by Crippen LogP contribution is 2.20. The van der Waals surface area contributed by atoms with Crippen LogP contribution in [0, 0.1) is 6.92 Å². The summed E-state index contributed by atoms with van der Waals surface area (Å²) in [6, 6.07) is 5.38. The Balaban J connectivity index is 2.67. The van der Waals surface area contributed by atoms with Crippen molar-refractivity contribution in [3.8, 4) is 0 Å². The molecule has 1 rings (SSSR count). The molecule has 0 aliphatic rings. The molecule has 92 valence electrons. The van der Waals surface area contributed by atoms with Crippen LogP contribution < -0.4 is 10.6 Å². The summed E-state index contributed by atoms with van der Waals surface area (Å²) in [7, 11) is 0. The summed E-state index contributed by atoms with van der Waals surface area (Å²) >= 11 is 3.28. The zero-order chi connectivity index (χ0) is 12.8. The van der Waals surface area contributed by atoms with Crippen LogP contribution in [-0.2, 0) is 9.59 Å². The van der Waals surface area contributed by atoms with Gasteiger partial charge in [0.1, 0.15) is 0 Å². The molecule has 0 heterocycles. The quantitative estimate of drug-likeness (QED) is 0.723. The smallest absolute Gasteiger partial charge is 0.313 e. The SMILES string of the molecule is Cc1ccc(Br)cc1NC(=O)C(=O)NCCO. The number of halogens is 1. The van der Waals surface area contributed by atoms with Crippen LogP contribution in [-0.4, -0.2) is 30.1 Å². The summed E-state index contributed by atoms with van der Waals surface area (Å²) in [5.41, 5.74) is 1.43. The lowest BCUT2D eigenvalue weighted by molar-refractivity contribution is -0.136. The van der Waals surface area contributed by atoms with E-state index in [0.29, 0.717) is 5.69 Å². The highest BCUT2D eigenvalue weighted by atomic mass is 79.9. The third kappa shape index (κ3) is 4.16. The van der Waals surface area contributed by atoms with Crippen LogP contribution in [0.5, 0.6) is 0 Å². The van der Waals surface area contributed by atoms with Crippen LogP contribution in [0.15, 0.2) is 22.7 Å². The van der Waals surface area contributed by atoms with Gasteiger partial charge in [-0.2, -0.15) is 0 Å². The van der Waals surface area contributed by atoms with Gasteiger partial charge in [-0.05, 0) is 24.6 Å². The second-order valence-electron chi connectivity index (χ2n) is 3.39. The molecule has 1 aromatic rings. The molecule has 3 N–H and O–H groups in total. The molecule has 0 aromatic heterocycles. The number of carbonyl (C=O) groups is 2. The number of anilines is 1. The molecule has 17 heavy (non-hydrogen) atoms. The van der Waals surface area contributed by atoms with Crippen molar-refractivity contribution >= 4 is 33.4 Å². The average molecular weight is 301 g/mol. The number of aliphatic hydroxyl groups is 1. The van der Waals surface area contributed by atoms with Crippen molar-refractivity contribution in [2.24, 2.45) is 0 Å². The van der Waals surface area contributed by atoms with Crippen LogP contribution in [0.2, 0.25) is 0 Å². The maximum absolute atomic E-state index is 11.5. The summed E-state index contributed by atoms with van der Waals surface area (Å²) in [6.07, 6.45) is 0. The number of aryl methyl sites for hydroxylation is 1. The Labute approximate surface area is 107 Å². The first-order valence-electron chi connectivity index (χ1n) is 5.01. The molecule has 0 atom stereocenters. The van der Waals surface area contributed by atoms with E-state index in [1.165, 1.54) is 0 Å². The predicted molar refractivity (Wildman–Crippen MR) is 67.6 cm³/mol. The lowest BCUT2D eigenvalue weighted by Crippen LogP contribution is -2.36. The van der Waals surface area contributed by atoms with Crippen LogP contribution in [0.25, 0.3) is 0 Å². The third-order valence-corrected chi connectivity index (χ3v) is 2.54. The van der Waals surface area contributed by atoms with E-state index in [2.05, 4.69) is 26.6 Å². The second kappa shape index (κ2) is 6.36. The van der Waals surface area contributed by atoms with E-state index in [-0.39, 0.29) is 13.2 Å². The molecule has 0 aliphatic carbocycles. The number of amides is 2. The fourth-order valence-corrected chi connectivity index (χ4v) is 1.52. The van der Waals surface area contributed by atoms with Crippen LogP contribution in [0.4, 0.5) is 5.69 Å². The normalized spacial score (nSPS) is 9.82. The number of nitrogens with one attached hydrogen (secondary N) is 2. The molecule has 0 unspecified atom stereocenters. The number of aliphatic hydroxyl groups excluding tert-OH is 1. The van der Waals surface area contributed by atoms with Gasteiger partial charge in [0, 0.05) is 16.7 Å². The molecule has 0 aliphatic heterocycles. The van der Waals surface area contributed by atoms with E-state index in [9.17, 15) is 9.59 Å². The van der Waals surface area contributed by atoms with Crippen molar-refractivity contribution < 1.29 is 14.7 Å². The summed E-state index contributed by atoms with van der Waals surface area (Å²) in [5.74, 6) is -1.52. The van der Waals surface area contributed by atoms with Crippen molar-refractivity contribution in [3.05, 3.63) is 28.2 Å². The highest BCUT2D eigenvalue weighted by molar-refractivity contribution is 9.10. The standard InChI is InChI=1S/C11H13BrN2O3/c1-7-2-3-8(12)6-9(7)14-11(17)10(16)13-4-5-15/h2-3,6,15H,4-5H2,1H3,(H,13,16)(H,14,17). The highest BCUT2D eigenvalue weighted by Gasteiger charge is 2.13. The van der Waals surface area contributed by atoms with Crippen molar-refractivity contribution in [2.75, 3.05) is 18.5 Å². The maximum Gasteiger partial charge on any atom is 0.313 e. The molecule has 0 spiro atoms. The van der Waals surface area contributed by atoms with Crippen molar-refractivity contribution in [1.29, 1.82) is 0 Å². The minimum absolute atomic E-state index is 0.0592. The minimum atomic E-state index is -0.765. The van der Waals surface area contributed by atoms with Gasteiger partial charge in [-0.25, -0.2) is 0 Å². The Kier molecular flexibility index (Phi) is 5.11. The van der Waals surface area contributed by atoms with Gasteiger partial charge in [0.25, 0.3) is 0 Å². The van der Waals surface area contributed by atoms with E-state index in [1.807, 2.05) is 19.1 Å². The van der Waals surface area contributed by atoms with Crippen molar-refractivity contribution in [2.45, 2.75) is 6.92 Å². The number of hydrogen-bond donors (Lipinski definition) is 3. The molecule has 2 amide bonds. The Bertz CT molecular complexity index is 435. The Hall–Kier alpha value is -1.40. The Morgan fingerprint density at radius 3 is 2.71 bits per heavy atom. The number of carbonyl (C=O) groups excluding carboxylic acids is 2. The summed E-state index contributed by atoms with van der Waals surface area (Å²) in [6.45, 7) is 1.69. The molecule has 0 radical (unpaired) electrons. The number of benzene rings is 1. The van der Waals surface area contributed by atoms with Gasteiger partial charge in [0.15, 0.2) is 0 Å². The van der Waals surface area contributed by atoms with Crippen molar-refractivity contribution in [1.82, 2.24) is 5.32 Å². The number of hydrogen-bond acceptors (Lipinski definition) is 3. The van der Waals surface area contributed by atoms with Gasteiger partial charge < -0.3 is 15.7 Å². The van der Waals surface area contributed by atoms with Crippen LogP contribution >= 0.6 is 15.9 Å². The lowest BCUT2D eigenvalue weighted by Gasteiger charge is -2.08. The first-order valence-corrected chi connectivity index (χ1v) is 5.80.